The predicted molar refractivity (Wildman–Crippen MR) is 407 cm³/mol. The van der Waals surface area contributed by atoms with Crippen molar-refractivity contribution in [3.63, 3.8) is 0 Å². The molecule has 0 aliphatic carbocycles. The zero-order valence-electron chi connectivity index (χ0n) is 66.4. The van der Waals surface area contributed by atoms with Crippen LogP contribution in [0.5, 0.6) is 0 Å². The van der Waals surface area contributed by atoms with Gasteiger partial charge in [0.25, 0.3) is 5.79 Å². The quantitative estimate of drug-likeness (QED) is 0.0137. The standard InChI is InChI=1S/C23H32O7S.C22H30O9S.C16H23NO7S.C15H24O10.CH3.Na/c1-7-19(28-16(4)24)21(29-17(5)25)20-15(3)14(2)13-23(30-20,22(26)27-6)31-18-11-9-8-10-12-18;1-13(24)8-9-14(25)10-16-17(26)11-22(21(29)30-2,32-15-6-4-3-5-7-15)31-20(16)19(28)18(27)12-23;1-23-15(22)16(25-9-5-3-2-4-6-9)7-10(19)12(17)14(24-16)13(21)11(20)8-18;1-7(17)2-3-8(18)4-9-10(19)5-15(24,14(22)23)25-13(9)12(21)11(20)6-16;;/h8-12,14-15,19-21H,7,13H2,1-6H3;3-7,16-20,23,26-28H,8-12H2,1-2H3;2-6,10-14,18-21H,7-8,17H2,1H3;9-13,16,19-21,24H,2-6H2,1H3,(H,22,23);1H3;/q;;;;-1;+1/t14-,15-,19-,20?,21-,23+;16-,17-,18-,19-,20?,22+;10-,11-,12-,13-,14?,16+;9-,10-,11-,12-,13?,15-;;/m1111../s1. The number of rotatable bonds is 34. The maximum Gasteiger partial charge on any atom is 1.00 e. The summed E-state index contributed by atoms with van der Waals surface area (Å²) in [5.41, 5.74) is 5.88. The van der Waals surface area contributed by atoms with Gasteiger partial charge in [0.05, 0.1) is 77.7 Å². The minimum absolute atomic E-state index is 0. The SMILES string of the molecule is CC(=O)CCC(=O)C[C@H]1C([C@H](O)[C@H](O)CO)O[C@@](O)(C(=O)O)C[C@H]1O.CC[C@@H](OC(C)=O)[C@@H](OC(C)=O)C1O[C@@](Sc2ccccc2)(C(=O)OC)C[C@@H](C)[C@H]1C.COC(=O)[C@@]1(Sc2ccccc2)C[C@@H](O)[C@@H](CC(=O)CCC(C)=O)C([C@H](O)[C@H](O)CO)O1.COC(=O)[C@@]1(Sc2ccccc2)C[C@@H](O)[C@@H](N)C([C@H](O)[C@H](O)CO)O1.[CH3-].[Na+]. The van der Waals surface area contributed by atoms with Crippen molar-refractivity contribution in [1.82, 2.24) is 0 Å². The number of Topliss-reactive ketones (excluding diaryl/α,β-unsaturated/α-hetero) is 4. The van der Waals surface area contributed by atoms with Gasteiger partial charge >= 0.3 is 65.4 Å². The molecule has 0 saturated carbocycles. The number of hydrogen-bond acceptors (Lipinski definition) is 36. The van der Waals surface area contributed by atoms with Gasteiger partial charge in [0, 0.05) is 105 Å². The Kier molecular flexibility index (Phi) is 45.8. The van der Waals surface area contributed by atoms with Crippen molar-refractivity contribution in [1.29, 1.82) is 0 Å². The molecule has 4 saturated heterocycles. The Bertz CT molecular complexity index is 3550. The van der Waals surface area contributed by atoms with Gasteiger partial charge in [0.15, 0.2) is 6.10 Å². The van der Waals surface area contributed by atoms with E-state index in [1.807, 2.05) is 57.2 Å². The summed E-state index contributed by atoms with van der Waals surface area (Å²) in [6.07, 6.45) is -21.5. The first-order valence-corrected chi connectivity index (χ1v) is 38.8. The average molecular weight is 1700 g/mol. The third-order valence-corrected chi connectivity index (χ3v) is 23.0. The molecule has 0 aromatic heterocycles. The van der Waals surface area contributed by atoms with Crippen molar-refractivity contribution < 1.29 is 192 Å². The zero-order valence-corrected chi connectivity index (χ0v) is 70.9. The summed E-state index contributed by atoms with van der Waals surface area (Å²) in [5.74, 6) is -10.9. The summed E-state index contributed by atoms with van der Waals surface area (Å²) in [6.45, 7) is 8.75. The monoisotopic (exact) mass is 1700 g/mol. The van der Waals surface area contributed by atoms with E-state index in [0.717, 1.165) is 35.5 Å². The number of thioether (sulfide) groups is 3. The normalized spacial score (nSPS) is 29.0. The molecule has 0 bridgehead atoms. The number of ketones is 4. The number of hydrogen-bond donors (Lipinski definition) is 15. The Hall–Kier alpha value is -5.51. The van der Waals surface area contributed by atoms with Crippen LogP contribution in [0, 0.1) is 31.1 Å². The number of esters is 5. The molecule has 3 aromatic rings. The van der Waals surface area contributed by atoms with Crippen molar-refractivity contribution in [2.45, 2.75) is 252 Å². The van der Waals surface area contributed by atoms with Crippen LogP contribution in [0.25, 0.3) is 0 Å². The summed E-state index contributed by atoms with van der Waals surface area (Å²) in [4.78, 5) is 117. The van der Waals surface area contributed by atoms with E-state index in [0.29, 0.717) is 22.6 Å². The van der Waals surface area contributed by atoms with Gasteiger partial charge in [-0.1, -0.05) is 111 Å². The molecule has 4 aliphatic rings. The predicted octanol–water partition coefficient (Wildman–Crippen LogP) is -1.70. The Morgan fingerprint density at radius 2 is 0.826 bits per heavy atom. The number of carboxylic acids is 1. The van der Waals surface area contributed by atoms with E-state index >= 15 is 0 Å². The molecule has 7 rings (SSSR count). The van der Waals surface area contributed by atoms with E-state index < -0.39 is 198 Å². The van der Waals surface area contributed by atoms with Gasteiger partial charge in [-0.05, 0) is 68.5 Å². The zero-order chi connectivity index (χ0) is 85.0. The second-order valence-corrected chi connectivity index (χ2v) is 31.9. The fourth-order valence-electron chi connectivity index (χ4n) is 13.0. The van der Waals surface area contributed by atoms with Gasteiger partial charge in [-0.3, -0.25) is 19.2 Å². The summed E-state index contributed by atoms with van der Waals surface area (Å²) < 4.78 is 49.2. The van der Waals surface area contributed by atoms with Gasteiger partial charge in [-0.15, -0.1) is 0 Å². The number of ether oxygens (including phenoxy) is 9. The summed E-state index contributed by atoms with van der Waals surface area (Å²) in [6, 6.07) is 26.1. The van der Waals surface area contributed by atoms with Crippen LogP contribution >= 0.6 is 35.3 Å². The molecule has 4 aliphatic heterocycles. The van der Waals surface area contributed by atoms with Gasteiger partial charge in [-0.25, -0.2) is 19.2 Å². The van der Waals surface area contributed by atoms with Crippen molar-refractivity contribution in [3.05, 3.63) is 98.4 Å². The Labute approximate surface area is 702 Å². The van der Waals surface area contributed by atoms with Gasteiger partial charge in [-0.2, -0.15) is 0 Å². The summed E-state index contributed by atoms with van der Waals surface area (Å²) >= 11 is 3.28. The van der Waals surface area contributed by atoms with E-state index in [2.05, 4.69) is 0 Å². The first kappa shape index (κ1) is 106. The number of carbonyl (C=O) groups excluding carboxylic acids is 9. The van der Waals surface area contributed by atoms with Gasteiger partial charge in [0.1, 0.15) is 78.1 Å². The summed E-state index contributed by atoms with van der Waals surface area (Å²) in [5, 5.41) is 138. The molecule has 4 unspecified atom stereocenters. The Morgan fingerprint density at radius 1 is 0.496 bits per heavy atom. The Balaban J connectivity index is 0.000000520. The minimum atomic E-state index is -2.81. The fourth-order valence-corrected chi connectivity index (χ4v) is 16.8. The van der Waals surface area contributed by atoms with E-state index in [1.54, 1.807) is 54.6 Å². The number of carboxylic acid groups (broad SMARTS) is 1. The molecule has 0 amide bonds. The van der Waals surface area contributed by atoms with E-state index in [4.69, 9.17) is 63.7 Å². The van der Waals surface area contributed by atoms with Crippen molar-refractivity contribution in [2.24, 2.45) is 29.4 Å². The van der Waals surface area contributed by atoms with Crippen LogP contribution in [0.2, 0.25) is 0 Å². The maximum absolute atomic E-state index is 13.0. The number of aliphatic hydroxyl groups excluding tert-OH is 12. The molecule has 642 valence electrons. The molecule has 4 fully saturated rings. The third kappa shape index (κ3) is 30.3. The molecule has 3 aromatic carbocycles. The number of aliphatic hydroxyl groups is 13. The molecule has 16 N–H and O–H groups in total. The molecular formula is C77H112NNaO33S3. The number of carbonyl (C=O) groups is 10. The Morgan fingerprint density at radius 3 is 1.17 bits per heavy atom. The number of methoxy groups -OCH3 is 3. The van der Waals surface area contributed by atoms with Crippen LogP contribution in [-0.2, 0) is 90.6 Å². The molecule has 0 spiro atoms. The van der Waals surface area contributed by atoms with Crippen molar-refractivity contribution in [2.75, 3.05) is 41.2 Å². The summed E-state index contributed by atoms with van der Waals surface area (Å²) in [7, 11) is 3.68. The maximum atomic E-state index is 13.0. The van der Waals surface area contributed by atoms with Crippen LogP contribution in [-0.4, -0.2) is 290 Å². The largest absolute Gasteiger partial charge is 1.00 e. The molecular weight excluding hydrogens is 1590 g/mol. The topological polar surface area (TPSA) is 563 Å². The van der Waals surface area contributed by atoms with E-state index in [1.165, 1.54) is 53.7 Å². The number of aliphatic carboxylic acids is 1. The number of nitrogens with two attached hydrogens (primary N) is 1. The second-order valence-electron chi connectivity index (χ2n) is 27.9. The van der Waals surface area contributed by atoms with Crippen LogP contribution in [0.1, 0.15) is 119 Å². The minimum Gasteiger partial charge on any atom is -0.477 e. The van der Waals surface area contributed by atoms with E-state index in [-0.39, 0.29) is 118 Å². The first-order chi connectivity index (χ1) is 53.1. The molecule has 34 nitrogen and oxygen atoms in total. The van der Waals surface area contributed by atoms with Crippen molar-refractivity contribution >= 4 is 94.2 Å². The fraction of sp³-hybridized carbons (Fsp3) is 0.623. The molecule has 24 atom stereocenters. The van der Waals surface area contributed by atoms with Crippen molar-refractivity contribution in [3.8, 4) is 0 Å². The molecule has 4 heterocycles. The van der Waals surface area contributed by atoms with Gasteiger partial charge < -0.3 is 137 Å². The first-order valence-electron chi connectivity index (χ1n) is 36.3. The number of benzene rings is 3. The second kappa shape index (κ2) is 49.9. The third-order valence-electron chi connectivity index (χ3n) is 19.2. The van der Waals surface area contributed by atoms with Crippen LogP contribution in [0.3, 0.4) is 0 Å². The van der Waals surface area contributed by atoms with Gasteiger partial charge in [0.2, 0.25) is 14.8 Å². The van der Waals surface area contributed by atoms with Crippen LogP contribution in [0.4, 0.5) is 0 Å². The molecule has 0 radical (unpaired) electrons. The van der Waals surface area contributed by atoms with E-state index in [9.17, 15) is 104 Å². The average Bonchev–Trinajstić information content (AvgIpc) is 0.789. The van der Waals surface area contributed by atoms with Crippen LogP contribution in [0.15, 0.2) is 106 Å². The van der Waals surface area contributed by atoms with Crippen LogP contribution < -0.4 is 35.3 Å². The molecule has 38 heteroatoms. The molecule has 115 heavy (non-hydrogen) atoms. The smallest absolute Gasteiger partial charge is 0.477 e.